The Labute approximate surface area is 204 Å². The molecule has 1 aromatic carbocycles. The van der Waals surface area contributed by atoms with E-state index < -0.39 is 23.4 Å². The number of carbonyl (C=O) groups is 1. The first kappa shape index (κ1) is 25.1. The Balaban J connectivity index is 1.56. The third kappa shape index (κ3) is 5.49. The van der Waals surface area contributed by atoms with Gasteiger partial charge in [0.1, 0.15) is 28.8 Å². The van der Waals surface area contributed by atoms with Crippen molar-refractivity contribution in [2.24, 2.45) is 34.6 Å². The van der Waals surface area contributed by atoms with Gasteiger partial charge < -0.3 is 5.32 Å². The summed E-state index contributed by atoms with van der Waals surface area (Å²) in [6.45, 7) is 6.67. The number of amides is 1. The van der Waals surface area contributed by atoms with E-state index in [1.54, 1.807) is 6.20 Å². The Morgan fingerprint density at radius 1 is 1.14 bits per heavy atom. The van der Waals surface area contributed by atoms with Crippen molar-refractivity contribution in [1.29, 1.82) is 0 Å². The molecule has 1 fully saturated rings. The maximum Gasteiger partial charge on any atom is 0.274 e. The van der Waals surface area contributed by atoms with E-state index in [1.807, 2.05) is 6.21 Å². The van der Waals surface area contributed by atoms with Crippen LogP contribution in [0.5, 0.6) is 0 Å². The lowest BCUT2D eigenvalue weighted by Gasteiger charge is -2.40. The number of rotatable bonds is 6. The van der Waals surface area contributed by atoms with E-state index in [4.69, 9.17) is 0 Å². The maximum atomic E-state index is 14.5. The molecule has 2 aliphatic rings. The first-order valence-corrected chi connectivity index (χ1v) is 12.4. The van der Waals surface area contributed by atoms with Crippen molar-refractivity contribution in [3.8, 4) is 11.3 Å². The van der Waals surface area contributed by atoms with Crippen LogP contribution < -0.4 is 5.32 Å². The number of nitrogens with zero attached hydrogens (tertiary/aromatic N) is 2. The summed E-state index contributed by atoms with van der Waals surface area (Å²) in [6.07, 6.45) is 9.42. The maximum absolute atomic E-state index is 14.5. The van der Waals surface area contributed by atoms with Crippen molar-refractivity contribution in [2.75, 3.05) is 0 Å². The Morgan fingerprint density at radius 2 is 1.94 bits per heavy atom. The van der Waals surface area contributed by atoms with Gasteiger partial charge >= 0.3 is 0 Å². The van der Waals surface area contributed by atoms with E-state index >= 15 is 0 Å². The van der Waals surface area contributed by atoms with Gasteiger partial charge in [-0.3, -0.25) is 9.79 Å². The van der Waals surface area contributed by atoms with Crippen LogP contribution in [0, 0.1) is 47.0 Å². The number of allylic oxidation sites excluding steroid dienone is 1. The summed E-state index contributed by atoms with van der Waals surface area (Å²) in [7, 11) is 0. The number of hydrogen-bond acceptors (Lipinski definition) is 3. The van der Waals surface area contributed by atoms with Crippen LogP contribution in [0.1, 0.15) is 63.4 Å². The topological polar surface area (TPSA) is 54.4 Å². The van der Waals surface area contributed by atoms with Crippen molar-refractivity contribution in [3.63, 3.8) is 0 Å². The van der Waals surface area contributed by atoms with Gasteiger partial charge in [-0.05, 0) is 54.9 Å². The quantitative estimate of drug-likeness (QED) is 0.485. The first-order valence-electron chi connectivity index (χ1n) is 12.4. The molecule has 0 radical (unpaired) electrons. The van der Waals surface area contributed by atoms with Crippen molar-refractivity contribution >= 4 is 12.1 Å². The van der Waals surface area contributed by atoms with Crippen LogP contribution in [0.3, 0.4) is 0 Å². The summed E-state index contributed by atoms with van der Waals surface area (Å²) in [5.41, 5.74) is 0.151. The smallest absolute Gasteiger partial charge is 0.274 e. The zero-order valence-corrected chi connectivity index (χ0v) is 20.4. The largest absolute Gasteiger partial charge is 0.323 e. The average Bonchev–Trinajstić information content (AvgIpc) is 2.84. The van der Waals surface area contributed by atoms with E-state index in [2.05, 4.69) is 36.1 Å². The summed E-state index contributed by atoms with van der Waals surface area (Å²) in [6, 6.07) is 5.15. The van der Waals surface area contributed by atoms with E-state index in [1.165, 1.54) is 18.9 Å². The molecule has 2 aromatic rings. The van der Waals surface area contributed by atoms with Crippen LogP contribution in [0.25, 0.3) is 11.3 Å². The van der Waals surface area contributed by atoms with Crippen LogP contribution in [-0.2, 0) is 0 Å². The van der Waals surface area contributed by atoms with Gasteiger partial charge in [0, 0.05) is 41.6 Å². The summed E-state index contributed by atoms with van der Waals surface area (Å²) >= 11 is 0. The highest BCUT2D eigenvalue weighted by Gasteiger charge is 2.36. The average molecular weight is 484 g/mol. The monoisotopic (exact) mass is 483 g/mol. The standard InChI is InChI=1S/C28H32F3N3O/c1-4-16(2)18-6-5-7-19(12-18)26-17(3)14-32-15-25(26)34-28(35)24-11-10-22(30)27(33-24)21-9-8-20(29)13-23(21)31/h8-11,13-19,26H,4-7,12H2,1-3H3,(H,34,35). The molecular weight excluding hydrogens is 451 g/mol. The van der Waals surface area contributed by atoms with Crippen molar-refractivity contribution in [3.05, 3.63) is 65.4 Å². The second-order valence-electron chi connectivity index (χ2n) is 9.94. The number of hydrogen-bond donors (Lipinski definition) is 1. The molecule has 0 spiro atoms. The van der Waals surface area contributed by atoms with Gasteiger partial charge in [-0.2, -0.15) is 0 Å². The second-order valence-corrected chi connectivity index (χ2v) is 9.94. The van der Waals surface area contributed by atoms with Gasteiger partial charge in [0.2, 0.25) is 0 Å². The summed E-state index contributed by atoms with van der Waals surface area (Å²) in [4.78, 5) is 21.6. The van der Waals surface area contributed by atoms with Gasteiger partial charge in [-0.1, -0.05) is 40.0 Å². The highest BCUT2D eigenvalue weighted by molar-refractivity contribution is 5.94. The highest BCUT2D eigenvalue weighted by Crippen LogP contribution is 2.43. The van der Waals surface area contributed by atoms with E-state index in [-0.39, 0.29) is 28.8 Å². The number of aromatic nitrogens is 1. The molecule has 1 aliphatic carbocycles. The van der Waals surface area contributed by atoms with E-state index in [0.29, 0.717) is 23.8 Å². The Kier molecular flexibility index (Phi) is 7.72. The van der Waals surface area contributed by atoms with Crippen LogP contribution in [-0.4, -0.2) is 17.1 Å². The van der Waals surface area contributed by atoms with Crippen LogP contribution >= 0.6 is 0 Å². The van der Waals surface area contributed by atoms with Crippen molar-refractivity contribution < 1.29 is 18.0 Å². The molecule has 7 heteroatoms. The fraction of sp³-hybridized carbons (Fsp3) is 0.464. The molecule has 186 valence electrons. The Bertz CT molecular complexity index is 1150. The predicted molar refractivity (Wildman–Crippen MR) is 131 cm³/mol. The van der Waals surface area contributed by atoms with Gasteiger partial charge in [0.05, 0.1) is 0 Å². The van der Waals surface area contributed by atoms with E-state index in [0.717, 1.165) is 43.2 Å². The number of benzene rings is 1. The Morgan fingerprint density at radius 3 is 2.69 bits per heavy atom. The lowest BCUT2D eigenvalue weighted by Crippen LogP contribution is -2.38. The van der Waals surface area contributed by atoms with Crippen molar-refractivity contribution in [1.82, 2.24) is 10.3 Å². The summed E-state index contributed by atoms with van der Waals surface area (Å²) in [5.74, 6) is -0.958. The molecule has 0 saturated heterocycles. The molecule has 1 N–H and O–H groups in total. The highest BCUT2D eigenvalue weighted by atomic mass is 19.1. The number of nitrogens with one attached hydrogen (secondary N) is 1. The number of halogens is 3. The third-order valence-corrected chi connectivity index (χ3v) is 7.70. The molecule has 0 bridgehead atoms. The molecule has 4 nitrogen and oxygen atoms in total. The molecule has 1 saturated carbocycles. The van der Waals surface area contributed by atoms with Gasteiger partial charge in [0.25, 0.3) is 5.91 Å². The molecule has 4 rings (SSSR count). The molecule has 1 amide bonds. The fourth-order valence-corrected chi connectivity index (χ4v) is 5.60. The molecule has 5 unspecified atom stereocenters. The molecule has 35 heavy (non-hydrogen) atoms. The second kappa shape index (κ2) is 10.8. The first-order chi connectivity index (χ1) is 16.8. The molecule has 1 aromatic heterocycles. The zero-order valence-electron chi connectivity index (χ0n) is 20.4. The number of aliphatic imine (C=N–C) groups is 1. The van der Waals surface area contributed by atoms with Crippen LogP contribution in [0.4, 0.5) is 13.2 Å². The fourth-order valence-electron chi connectivity index (χ4n) is 5.60. The molecular formula is C28H32F3N3O. The SMILES string of the molecule is CCC(C)C1CCCC(C2C(NC(=O)c3ccc(F)c(-c4ccc(F)cc4F)n3)=CN=CC2C)C1. The summed E-state index contributed by atoms with van der Waals surface area (Å²) < 4.78 is 42.0. The molecule has 1 aliphatic heterocycles. The number of pyridine rings is 1. The predicted octanol–water partition coefficient (Wildman–Crippen LogP) is 6.93. The van der Waals surface area contributed by atoms with Gasteiger partial charge in [-0.15, -0.1) is 0 Å². The minimum Gasteiger partial charge on any atom is -0.323 e. The summed E-state index contributed by atoms with van der Waals surface area (Å²) in [5, 5.41) is 2.96. The van der Waals surface area contributed by atoms with E-state index in [9.17, 15) is 18.0 Å². The lowest BCUT2D eigenvalue weighted by atomic mass is 9.67. The van der Waals surface area contributed by atoms with Gasteiger partial charge in [-0.25, -0.2) is 18.2 Å². The minimum atomic E-state index is -0.944. The third-order valence-electron chi connectivity index (χ3n) is 7.70. The number of carbonyl (C=O) groups excluding carboxylic acids is 1. The Hall–Kier alpha value is -2.96. The molecule has 2 heterocycles. The van der Waals surface area contributed by atoms with Crippen molar-refractivity contribution in [2.45, 2.75) is 52.9 Å². The molecule has 5 atom stereocenters. The normalized spacial score (nSPS) is 25.1. The lowest BCUT2D eigenvalue weighted by molar-refractivity contribution is 0.0942. The van der Waals surface area contributed by atoms with Crippen LogP contribution in [0.15, 0.2) is 47.2 Å². The zero-order chi connectivity index (χ0) is 25.1. The van der Waals surface area contributed by atoms with Gasteiger partial charge in [0.15, 0.2) is 0 Å². The van der Waals surface area contributed by atoms with Crippen LogP contribution in [0.2, 0.25) is 0 Å². The minimum absolute atomic E-state index is 0.0480.